The highest BCUT2D eigenvalue weighted by Gasteiger charge is 2.15. The Morgan fingerprint density at radius 2 is 2.14 bits per heavy atom. The van der Waals surface area contributed by atoms with E-state index in [4.69, 9.17) is 4.74 Å². The summed E-state index contributed by atoms with van der Waals surface area (Å²) in [6.45, 7) is 5.32. The summed E-state index contributed by atoms with van der Waals surface area (Å²) in [4.78, 5) is 12.2. The summed E-state index contributed by atoms with van der Waals surface area (Å²) in [5, 5.41) is 7.39. The van der Waals surface area contributed by atoms with Crippen LogP contribution in [0.25, 0.3) is 11.3 Å². The van der Waals surface area contributed by atoms with Gasteiger partial charge < -0.3 is 10.1 Å². The molecule has 1 heterocycles. The van der Waals surface area contributed by atoms with E-state index in [-0.39, 0.29) is 5.91 Å². The second-order valence-corrected chi connectivity index (χ2v) is 4.72. The van der Waals surface area contributed by atoms with Gasteiger partial charge in [0.15, 0.2) is 0 Å². The first kappa shape index (κ1) is 15.1. The fourth-order valence-electron chi connectivity index (χ4n) is 2.09. The summed E-state index contributed by atoms with van der Waals surface area (Å²) in [6.07, 6.45) is 0.911. The minimum atomic E-state index is -0.0830. The molecule has 2 rings (SSSR count). The van der Waals surface area contributed by atoms with Crippen molar-refractivity contribution in [2.24, 2.45) is 0 Å². The topological polar surface area (TPSA) is 56.1 Å². The number of nitrogens with zero attached hydrogens (tertiary/aromatic N) is 2. The number of methoxy groups -OCH3 is 1. The molecule has 2 aromatic rings. The molecule has 0 fully saturated rings. The number of carbonyl (C=O) groups excluding carboxylic acids is 1. The normalized spacial score (nSPS) is 10.4. The van der Waals surface area contributed by atoms with Gasteiger partial charge in [0.1, 0.15) is 11.4 Å². The monoisotopic (exact) mass is 287 g/mol. The van der Waals surface area contributed by atoms with Crippen LogP contribution in [0.4, 0.5) is 0 Å². The maximum absolute atomic E-state index is 12.2. The molecule has 0 unspecified atom stereocenters. The number of nitrogens with one attached hydrogen (secondary N) is 1. The average Bonchev–Trinajstić information content (AvgIpc) is 2.97. The predicted molar refractivity (Wildman–Crippen MR) is 82.5 cm³/mol. The number of hydrogen-bond acceptors (Lipinski definition) is 3. The summed E-state index contributed by atoms with van der Waals surface area (Å²) >= 11 is 0. The molecule has 1 aromatic carbocycles. The molecule has 0 aliphatic carbocycles. The van der Waals surface area contributed by atoms with Crippen LogP contribution in [-0.4, -0.2) is 29.3 Å². The van der Waals surface area contributed by atoms with Gasteiger partial charge in [0.25, 0.3) is 5.91 Å². The fraction of sp³-hybridized carbons (Fsp3) is 0.375. The number of hydrogen-bond donors (Lipinski definition) is 1. The van der Waals surface area contributed by atoms with Crippen LogP contribution in [0.5, 0.6) is 5.75 Å². The molecule has 0 radical (unpaired) electrons. The van der Waals surface area contributed by atoms with E-state index < -0.39 is 0 Å². The van der Waals surface area contributed by atoms with Crippen LogP contribution in [0.15, 0.2) is 30.3 Å². The number of rotatable bonds is 6. The molecular weight excluding hydrogens is 266 g/mol. The smallest absolute Gasteiger partial charge is 0.269 e. The van der Waals surface area contributed by atoms with Crippen molar-refractivity contribution in [3.05, 3.63) is 36.0 Å². The van der Waals surface area contributed by atoms with Crippen molar-refractivity contribution in [2.75, 3.05) is 13.7 Å². The minimum Gasteiger partial charge on any atom is -0.497 e. The van der Waals surface area contributed by atoms with Gasteiger partial charge in [0, 0.05) is 18.7 Å². The van der Waals surface area contributed by atoms with E-state index in [1.807, 2.05) is 44.2 Å². The molecule has 0 saturated heterocycles. The molecule has 112 valence electrons. The lowest BCUT2D eigenvalue weighted by Gasteiger charge is -2.04. The number of aromatic nitrogens is 2. The van der Waals surface area contributed by atoms with E-state index in [2.05, 4.69) is 10.4 Å². The number of ether oxygens (including phenoxy) is 1. The van der Waals surface area contributed by atoms with Crippen molar-refractivity contribution in [3.63, 3.8) is 0 Å². The lowest BCUT2D eigenvalue weighted by molar-refractivity contribution is 0.0943. The van der Waals surface area contributed by atoms with Gasteiger partial charge in [-0.15, -0.1) is 0 Å². The molecule has 0 atom stereocenters. The number of carbonyl (C=O) groups is 1. The number of benzene rings is 1. The van der Waals surface area contributed by atoms with Crippen molar-refractivity contribution >= 4 is 5.91 Å². The fourth-order valence-corrected chi connectivity index (χ4v) is 2.09. The zero-order chi connectivity index (χ0) is 15.2. The first-order chi connectivity index (χ1) is 10.2. The third-order valence-electron chi connectivity index (χ3n) is 3.21. The molecule has 1 aromatic heterocycles. The van der Waals surface area contributed by atoms with Gasteiger partial charge in [0.05, 0.1) is 12.8 Å². The highest BCUT2D eigenvalue weighted by molar-refractivity contribution is 5.93. The van der Waals surface area contributed by atoms with Crippen LogP contribution in [0.1, 0.15) is 30.8 Å². The lowest BCUT2D eigenvalue weighted by Crippen LogP contribution is -2.26. The Morgan fingerprint density at radius 1 is 1.33 bits per heavy atom. The molecule has 1 amide bonds. The minimum absolute atomic E-state index is 0.0830. The van der Waals surface area contributed by atoms with Crippen molar-refractivity contribution in [1.82, 2.24) is 15.1 Å². The van der Waals surface area contributed by atoms with Crippen molar-refractivity contribution in [1.29, 1.82) is 0 Å². The Balaban J connectivity index is 2.33. The molecule has 0 saturated carbocycles. The molecule has 0 spiro atoms. The van der Waals surface area contributed by atoms with E-state index >= 15 is 0 Å². The zero-order valence-corrected chi connectivity index (χ0v) is 12.7. The molecule has 0 aliphatic rings. The van der Waals surface area contributed by atoms with Crippen LogP contribution >= 0.6 is 0 Å². The molecule has 21 heavy (non-hydrogen) atoms. The van der Waals surface area contributed by atoms with E-state index in [1.54, 1.807) is 11.8 Å². The second-order valence-electron chi connectivity index (χ2n) is 4.72. The Labute approximate surface area is 124 Å². The van der Waals surface area contributed by atoms with Gasteiger partial charge in [-0.1, -0.05) is 19.1 Å². The van der Waals surface area contributed by atoms with Gasteiger partial charge in [-0.3, -0.25) is 9.48 Å². The summed E-state index contributed by atoms with van der Waals surface area (Å²) in [7, 11) is 1.63. The van der Waals surface area contributed by atoms with E-state index in [0.29, 0.717) is 18.8 Å². The Kier molecular flexibility index (Phi) is 4.98. The molecule has 0 bridgehead atoms. The second kappa shape index (κ2) is 6.92. The molecule has 0 aliphatic heterocycles. The van der Waals surface area contributed by atoms with Gasteiger partial charge in [-0.2, -0.15) is 5.10 Å². The molecule has 1 N–H and O–H groups in total. The van der Waals surface area contributed by atoms with Crippen LogP contribution in [0.3, 0.4) is 0 Å². The third kappa shape index (κ3) is 3.42. The summed E-state index contributed by atoms with van der Waals surface area (Å²) in [5.41, 5.74) is 2.30. The molecular formula is C16H21N3O2. The van der Waals surface area contributed by atoms with E-state index in [1.165, 1.54) is 0 Å². The van der Waals surface area contributed by atoms with E-state index in [0.717, 1.165) is 23.4 Å². The quantitative estimate of drug-likeness (QED) is 0.888. The van der Waals surface area contributed by atoms with Crippen molar-refractivity contribution < 1.29 is 9.53 Å². The van der Waals surface area contributed by atoms with Crippen LogP contribution in [-0.2, 0) is 6.54 Å². The SMILES string of the molecule is CCCNC(=O)c1cc(-c2cccc(OC)c2)nn1CC. The van der Waals surface area contributed by atoms with Gasteiger partial charge >= 0.3 is 0 Å². The van der Waals surface area contributed by atoms with Crippen molar-refractivity contribution in [3.8, 4) is 17.0 Å². The number of aryl methyl sites for hydroxylation is 1. The van der Waals surface area contributed by atoms with E-state index in [9.17, 15) is 4.79 Å². The largest absolute Gasteiger partial charge is 0.497 e. The maximum atomic E-state index is 12.2. The highest BCUT2D eigenvalue weighted by Crippen LogP contribution is 2.23. The zero-order valence-electron chi connectivity index (χ0n) is 12.7. The summed E-state index contributed by atoms with van der Waals surface area (Å²) in [6, 6.07) is 9.49. The van der Waals surface area contributed by atoms with Gasteiger partial charge in [-0.25, -0.2) is 0 Å². The molecule has 5 heteroatoms. The maximum Gasteiger partial charge on any atom is 0.269 e. The summed E-state index contributed by atoms with van der Waals surface area (Å²) in [5.74, 6) is 0.691. The number of amides is 1. The molecule has 5 nitrogen and oxygen atoms in total. The third-order valence-corrected chi connectivity index (χ3v) is 3.21. The van der Waals surface area contributed by atoms with Crippen LogP contribution < -0.4 is 10.1 Å². The summed E-state index contributed by atoms with van der Waals surface area (Å²) < 4.78 is 6.95. The first-order valence-corrected chi connectivity index (χ1v) is 7.20. The standard InChI is InChI=1S/C16H21N3O2/c1-4-9-17-16(20)15-11-14(18-19(15)5-2)12-7-6-8-13(10-12)21-3/h6-8,10-11H,4-5,9H2,1-3H3,(H,17,20). The Hall–Kier alpha value is -2.30. The predicted octanol–water partition coefficient (Wildman–Crippen LogP) is 2.72. The lowest BCUT2D eigenvalue weighted by atomic mass is 10.1. The van der Waals surface area contributed by atoms with Crippen LogP contribution in [0, 0.1) is 0 Å². The first-order valence-electron chi connectivity index (χ1n) is 7.20. The van der Waals surface area contributed by atoms with Crippen LogP contribution in [0.2, 0.25) is 0 Å². The Morgan fingerprint density at radius 3 is 2.81 bits per heavy atom. The van der Waals surface area contributed by atoms with Crippen molar-refractivity contribution in [2.45, 2.75) is 26.8 Å². The Bertz CT molecular complexity index is 620. The van der Waals surface area contributed by atoms with Gasteiger partial charge in [0.2, 0.25) is 0 Å². The average molecular weight is 287 g/mol. The van der Waals surface area contributed by atoms with Gasteiger partial charge in [-0.05, 0) is 31.5 Å². The highest BCUT2D eigenvalue weighted by atomic mass is 16.5.